The van der Waals surface area contributed by atoms with Crippen LogP contribution in [0.4, 0.5) is 0 Å². The molecule has 0 saturated carbocycles. The van der Waals surface area contributed by atoms with Gasteiger partial charge in [-0.15, -0.1) is 11.3 Å². The second-order valence-electron chi connectivity index (χ2n) is 6.06. The Hall–Kier alpha value is -1.90. The molecule has 0 amide bonds. The second kappa shape index (κ2) is 5.38. The van der Waals surface area contributed by atoms with Crippen LogP contribution in [-0.2, 0) is 0 Å². The minimum Gasteiger partial charge on any atom is -0.309 e. The van der Waals surface area contributed by atoms with Crippen LogP contribution in [0.15, 0.2) is 54.6 Å². The van der Waals surface area contributed by atoms with E-state index in [2.05, 4.69) is 73.6 Å². The second-order valence-corrected chi connectivity index (χ2v) is 7.11. The van der Waals surface area contributed by atoms with Gasteiger partial charge in [-0.05, 0) is 43.3 Å². The number of hydrogen-bond acceptors (Lipinski definition) is 2. The van der Waals surface area contributed by atoms with Crippen LogP contribution in [0.5, 0.6) is 0 Å². The third-order valence-corrected chi connectivity index (χ3v) is 5.46. The first-order chi connectivity index (χ1) is 10.8. The standard InChI is InChI=1S/C20H19NS/c1-21(2)13-7-11-16-14-8-3-4-9-15(14)19-17-10-5-6-12-18(17)22-20(16)19/h3-6,8-12H,7,13H2,1-2H3/b16-11-. The molecule has 0 N–H and O–H groups in total. The zero-order valence-electron chi connectivity index (χ0n) is 13.0. The molecule has 1 nitrogen and oxygen atoms in total. The highest BCUT2D eigenvalue weighted by molar-refractivity contribution is 7.21. The molecule has 0 fully saturated rings. The number of nitrogens with zero attached hydrogens (tertiary/aromatic N) is 1. The molecule has 22 heavy (non-hydrogen) atoms. The molecular formula is C20H19NS. The lowest BCUT2D eigenvalue weighted by Gasteiger charge is -2.07. The Kier molecular flexibility index (Phi) is 3.36. The lowest BCUT2D eigenvalue weighted by atomic mass is 10.0. The van der Waals surface area contributed by atoms with Crippen LogP contribution in [0.2, 0.25) is 0 Å². The Morgan fingerprint density at radius 1 is 0.955 bits per heavy atom. The molecule has 3 aromatic rings. The third-order valence-electron chi connectivity index (χ3n) is 4.25. The van der Waals surface area contributed by atoms with E-state index in [1.165, 1.54) is 37.2 Å². The topological polar surface area (TPSA) is 3.24 Å². The van der Waals surface area contributed by atoms with Crippen molar-refractivity contribution < 1.29 is 0 Å². The molecule has 1 aliphatic carbocycles. The Labute approximate surface area is 135 Å². The molecule has 0 bridgehead atoms. The summed E-state index contributed by atoms with van der Waals surface area (Å²) in [6.45, 7) is 1.09. The predicted molar refractivity (Wildman–Crippen MR) is 97.5 cm³/mol. The van der Waals surface area contributed by atoms with Crippen LogP contribution >= 0.6 is 11.3 Å². The van der Waals surface area contributed by atoms with E-state index in [0.29, 0.717) is 0 Å². The van der Waals surface area contributed by atoms with Gasteiger partial charge in [-0.1, -0.05) is 48.5 Å². The van der Waals surface area contributed by atoms with E-state index < -0.39 is 0 Å². The summed E-state index contributed by atoms with van der Waals surface area (Å²) in [6, 6.07) is 17.6. The van der Waals surface area contributed by atoms with Gasteiger partial charge in [0.1, 0.15) is 0 Å². The summed E-state index contributed by atoms with van der Waals surface area (Å²) in [4.78, 5) is 3.69. The first-order valence-corrected chi connectivity index (χ1v) is 8.54. The van der Waals surface area contributed by atoms with Gasteiger partial charge in [-0.25, -0.2) is 0 Å². The van der Waals surface area contributed by atoms with Gasteiger partial charge in [0.2, 0.25) is 0 Å². The molecule has 0 radical (unpaired) electrons. The zero-order valence-corrected chi connectivity index (χ0v) is 13.8. The van der Waals surface area contributed by atoms with E-state index in [1.54, 1.807) is 0 Å². The molecule has 2 aromatic carbocycles. The van der Waals surface area contributed by atoms with Gasteiger partial charge >= 0.3 is 0 Å². The highest BCUT2D eigenvalue weighted by Gasteiger charge is 2.26. The Morgan fingerprint density at radius 3 is 2.50 bits per heavy atom. The predicted octanol–water partition coefficient (Wildman–Crippen LogP) is 5.27. The minimum atomic E-state index is 1.09. The monoisotopic (exact) mass is 305 g/mol. The van der Waals surface area contributed by atoms with E-state index >= 15 is 0 Å². The molecule has 0 aliphatic heterocycles. The maximum atomic E-state index is 2.42. The molecular weight excluding hydrogens is 286 g/mol. The summed E-state index contributed by atoms with van der Waals surface area (Å²) < 4.78 is 1.39. The fourth-order valence-electron chi connectivity index (χ4n) is 3.23. The number of fused-ring (bicyclic) bond motifs is 5. The molecule has 1 aliphatic rings. The van der Waals surface area contributed by atoms with E-state index in [0.717, 1.165) is 13.0 Å². The summed E-state index contributed by atoms with van der Waals surface area (Å²) in [5.74, 6) is 0. The van der Waals surface area contributed by atoms with Crippen molar-refractivity contribution >= 4 is 27.0 Å². The molecule has 0 unspecified atom stereocenters. The number of thiophene rings is 1. The maximum Gasteiger partial charge on any atom is 0.0437 e. The average Bonchev–Trinajstić information content (AvgIpc) is 3.03. The van der Waals surface area contributed by atoms with Gasteiger partial charge in [0, 0.05) is 27.1 Å². The van der Waals surface area contributed by atoms with Crippen molar-refractivity contribution in [3.8, 4) is 11.1 Å². The van der Waals surface area contributed by atoms with Crippen molar-refractivity contribution in [2.45, 2.75) is 6.42 Å². The van der Waals surface area contributed by atoms with Crippen molar-refractivity contribution in [3.63, 3.8) is 0 Å². The van der Waals surface area contributed by atoms with Gasteiger partial charge in [0.25, 0.3) is 0 Å². The quantitative estimate of drug-likeness (QED) is 0.499. The van der Waals surface area contributed by atoms with Crippen LogP contribution < -0.4 is 0 Å². The molecule has 0 saturated heterocycles. The van der Waals surface area contributed by atoms with Gasteiger partial charge in [0.15, 0.2) is 0 Å². The zero-order chi connectivity index (χ0) is 15.1. The van der Waals surface area contributed by atoms with Gasteiger partial charge < -0.3 is 4.90 Å². The van der Waals surface area contributed by atoms with E-state index in [9.17, 15) is 0 Å². The van der Waals surface area contributed by atoms with E-state index in [4.69, 9.17) is 0 Å². The molecule has 4 rings (SSSR count). The molecule has 1 heterocycles. The van der Waals surface area contributed by atoms with E-state index in [1.807, 2.05) is 11.3 Å². The van der Waals surface area contributed by atoms with Crippen LogP contribution in [0.1, 0.15) is 16.9 Å². The summed E-state index contributed by atoms with van der Waals surface area (Å²) in [5, 5.41) is 1.39. The third kappa shape index (κ3) is 2.11. The average molecular weight is 305 g/mol. The van der Waals surface area contributed by atoms with Crippen molar-refractivity contribution in [3.05, 3.63) is 65.0 Å². The highest BCUT2D eigenvalue weighted by Crippen LogP contribution is 2.51. The first-order valence-electron chi connectivity index (χ1n) is 7.72. The summed E-state index contributed by atoms with van der Waals surface area (Å²) in [6.07, 6.45) is 3.50. The fraction of sp³-hybridized carbons (Fsp3) is 0.200. The lowest BCUT2D eigenvalue weighted by Crippen LogP contribution is -2.11. The van der Waals surface area contributed by atoms with Crippen LogP contribution in [0.25, 0.3) is 26.8 Å². The summed E-state index contributed by atoms with van der Waals surface area (Å²) in [5.41, 5.74) is 5.65. The van der Waals surface area contributed by atoms with Crippen LogP contribution in [0.3, 0.4) is 0 Å². The largest absolute Gasteiger partial charge is 0.309 e. The van der Waals surface area contributed by atoms with Crippen molar-refractivity contribution in [2.24, 2.45) is 0 Å². The highest BCUT2D eigenvalue weighted by atomic mass is 32.1. The van der Waals surface area contributed by atoms with Crippen molar-refractivity contribution in [1.29, 1.82) is 0 Å². The SMILES string of the molecule is CN(C)CC/C=C1/c2ccccc2-c2c1sc1ccccc21. The smallest absolute Gasteiger partial charge is 0.0437 e. The Morgan fingerprint density at radius 2 is 1.68 bits per heavy atom. The van der Waals surface area contributed by atoms with Crippen molar-refractivity contribution in [1.82, 2.24) is 4.90 Å². The van der Waals surface area contributed by atoms with E-state index in [-0.39, 0.29) is 0 Å². The first kappa shape index (κ1) is 13.7. The summed E-state index contributed by atoms with van der Waals surface area (Å²) >= 11 is 1.93. The Balaban J connectivity index is 1.91. The summed E-state index contributed by atoms with van der Waals surface area (Å²) in [7, 11) is 4.26. The minimum absolute atomic E-state index is 1.09. The lowest BCUT2D eigenvalue weighted by molar-refractivity contribution is 0.417. The van der Waals surface area contributed by atoms with Gasteiger partial charge in [-0.2, -0.15) is 0 Å². The van der Waals surface area contributed by atoms with Crippen molar-refractivity contribution in [2.75, 3.05) is 20.6 Å². The molecule has 2 heteroatoms. The molecule has 110 valence electrons. The van der Waals surface area contributed by atoms with Crippen LogP contribution in [0, 0.1) is 0 Å². The van der Waals surface area contributed by atoms with Gasteiger partial charge in [-0.3, -0.25) is 0 Å². The number of benzene rings is 2. The number of rotatable bonds is 3. The maximum absolute atomic E-state index is 2.42. The van der Waals surface area contributed by atoms with Crippen LogP contribution in [-0.4, -0.2) is 25.5 Å². The Bertz CT molecular complexity index is 870. The number of hydrogen-bond donors (Lipinski definition) is 0. The molecule has 0 atom stereocenters. The fourth-order valence-corrected chi connectivity index (χ4v) is 4.50. The molecule has 0 spiro atoms. The van der Waals surface area contributed by atoms with Gasteiger partial charge in [0.05, 0.1) is 0 Å². The normalized spacial score (nSPS) is 14.8. The molecule has 1 aromatic heterocycles.